The first-order valence-electron chi connectivity index (χ1n) is 5.50. The van der Waals surface area contributed by atoms with Crippen molar-refractivity contribution in [1.82, 2.24) is 0 Å². The molecular formula is C12H16F3NO4. The van der Waals surface area contributed by atoms with E-state index in [-0.39, 0.29) is 28.6 Å². The quantitative estimate of drug-likeness (QED) is 0.903. The maximum Gasteiger partial charge on any atom is 0.407 e. The number of hydrogen-bond acceptors (Lipinski definition) is 5. The highest BCUT2D eigenvalue weighted by Gasteiger charge is 2.42. The zero-order chi connectivity index (χ0) is 15.5. The van der Waals surface area contributed by atoms with Gasteiger partial charge in [-0.1, -0.05) is 0 Å². The van der Waals surface area contributed by atoms with Gasteiger partial charge in [-0.15, -0.1) is 0 Å². The molecule has 1 aromatic carbocycles. The minimum atomic E-state index is -4.65. The third-order valence-corrected chi connectivity index (χ3v) is 2.71. The molecule has 20 heavy (non-hydrogen) atoms. The van der Waals surface area contributed by atoms with Crippen LogP contribution < -0.4 is 24.7 Å². The van der Waals surface area contributed by atoms with Gasteiger partial charge in [0.1, 0.15) is 11.8 Å². The number of halogens is 3. The van der Waals surface area contributed by atoms with E-state index in [0.717, 1.165) is 0 Å². The van der Waals surface area contributed by atoms with E-state index in [1.807, 2.05) is 0 Å². The third kappa shape index (κ3) is 2.84. The van der Waals surface area contributed by atoms with Crippen molar-refractivity contribution < 1.29 is 32.1 Å². The van der Waals surface area contributed by atoms with Gasteiger partial charge in [0, 0.05) is 6.07 Å². The molecule has 0 aromatic heterocycles. The fraction of sp³-hybridized carbons (Fsp3) is 0.500. The highest BCUT2D eigenvalue weighted by molar-refractivity contribution is 5.63. The fourth-order valence-corrected chi connectivity index (χ4v) is 1.78. The minimum absolute atomic E-state index is 0.0190. The summed E-state index contributed by atoms with van der Waals surface area (Å²) in [6, 6.07) is -1.00. The SMILES string of the molecule is COc1cc(OC)c([C@@H](N)C(F)(F)F)c(OC)c1OC. The molecule has 0 aliphatic carbocycles. The maximum absolute atomic E-state index is 12.9. The van der Waals surface area contributed by atoms with Gasteiger partial charge < -0.3 is 24.7 Å². The number of nitrogens with two attached hydrogens (primary N) is 1. The number of ether oxygens (including phenoxy) is 4. The largest absolute Gasteiger partial charge is 0.496 e. The molecule has 0 aliphatic rings. The molecule has 0 aliphatic heterocycles. The van der Waals surface area contributed by atoms with Gasteiger partial charge in [0.2, 0.25) is 5.75 Å². The Morgan fingerprint density at radius 2 is 1.40 bits per heavy atom. The molecule has 0 unspecified atom stereocenters. The van der Waals surface area contributed by atoms with Crippen molar-refractivity contribution in [2.24, 2.45) is 5.73 Å². The van der Waals surface area contributed by atoms with Crippen molar-refractivity contribution >= 4 is 0 Å². The van der Waals surface area contributed by atoms with Crippen molar-refractivity contribution in [3.05, 3.63) is 11.6 Å². The van der Waals surface area contributed by atoms with Crippen LogP contribution in [0.3, 0.4) is 0 Å². The summed E-state index contributed by atoms with van der Waals surface area (Å²) >= 11 is 0. The molecule has 0 fully saturated rings. The topological polar surface area (TPSA) is 62.9 Å². The predicted octanol–water partition coefficient (Wildman–Crippen LogP) is 2.28. The van der Waals surface area contributed by atoms with Crippen molar-refractivity contribution in [2.75, 3.05) is 28.4 Å². The van der Waals surface area contributed by atoms with Crippen LogP contribution in [0.5, 0.6) is 23.0 Å². The lowest BCUT2D eigenvalue weighted by Gasteiger charge is -2.23. The molecule has 0 radical (unpaired) electrons. The third-order valence-electron chi connectivity index (χ3n) is 2.71. The van der Waals surface area contributed by atoms with E-state index in [2.05, 4.69) is 0 Å². The highest BCUT2D eigenvalue weighted by Crippen LogP contribution is 2.49. The minimum Gasteiger partial charge on any atom is -0.496 e. The van der Waals surface area contributed by atoms with Crippen LogP contribution in [0, 0.1) is 0 Å². The summed E-state index contributed by atoms with van der Waals surface area (Å²) in [5.41, 5.74) is 4.91. The normalized spacial score (nSPS) is 12.8. The van der Waals surface area contributed by atoms with E-state index in [1.165, 1.54) is 34.5 Å². The Hall–Kier alpha value is -1.83. The monoisotopic (exact) mass is 295 g/mol. The second kappa shape index (κ2) is 6.08. The van der Waals surface area contributed by atoms with Crippen LogP contribution in [0.25, 0.3) is 0 Å². The number of methoxy groups -OCH3 is 4. The second-order valence-electron chi connectivity index (χ2n) is 3.78. The van der Waals surface area contributed by atoms with Crippen LogP contribution in [0.15, 0.2) is 6.07 Å². The molecule has 8 heteroatoms. The van der Waals surface area contributed by atoms with Crippen molar-refractivity contribution in [3.63, 3.8) is 0 Å². The molecule has 114 valence electrons. The summed E-state index contributed by atoms with van der Waals surface area (Å²) in [5, 5.41) is 0. The molecular weight excluding hydrogens is 279 g/mol. The summed E-state index contributed by atoms with van der Waals surface area (Å²) in [5.74, 6) is -0.0670. The molecule has 0 heterocycles. The lowest BCUT2D eigenvalue weighted by atomic mass is 10.0. The van der Waals surface area contributed by atoms with Crippen LogP contribution >= 0.6 is 0 Å². The first-order chi connectivity index (χ1) is 9.31. The Morgan fingerprint density at radius 3 is 1.75 bits per heavy atom. The Kier molecular flexibility index (Phi) is 4.93. The van der Waals surface area contributed by atoms with Crippen LogP contribution in [0.4, 0.5) is 13.2 Å². The molecule has 0 saturated carbocycles. The average Bonchev–Trinajstić information content (AvgIpc) is 2.42. The summed E-state index contributed by atoms with van der Waals surface area (Å²) < 4.78 is 58.7. The van der Waals surface area contributed by atoms with Crippen LogP contribution in [0.2, 0.25) is 0 Å². The lowest BCUT2D eigenvalue weighted by molar-refractivity contribution is -0.149. The molecule has 1 aromatic rings. The Labute approximate surface area is 114 Å². The molecule has 1 rings (SSSR count). The molecule has 0 bridgehead atoms. The van der Waals surface area contributed by atoms with E-state index < -0.39 is 12.2 Å². The number of benzene rings is 1. The molecule has 5 nitrogen and oxygen atoms in total. The van der Waals surface area contributed by atoms with E-state index in [0.29, 0.717) is 0 Å². The van der Waals surface area contributed by atoms with Gasteiger partial charge in [-0.2, -0.15) is 13.2 Å². The van der Waals surface area contributed by atoms with E-state index >= 15 is 0 Å². The number of rotatable bonds is 5. The zero-order valence-corrected chi connectivity index (χ0v) is 11.5. The smallest absolute Gasteiger partial charge is 0.407 e. The van der Waals surface area contributed by atoms with Gasteiger partial charge in [0.15, 0.2) is 11.5 Å². The van der Waals surface area contributed by atoms with Crippen molar-refractivity contribution in [2.45, 2.75) is 12.2 Å². The van der Waals surface area contributed by atoms with Gasteiger partial charge in [0.25, 0.3) is 0 Å². The first kappa shape index (κ1) is 16.2. The predicted molar refractivity (Wildman–Crippen MR) is 65.6 cm³/mol. The Morgan fingerprint density at radius 1 is 0.900 bits per heavy atom. The summed E-state index contributed by atoms with van der Waals surface area (Å²) in [4.78, 5) is 0. The molecule has 0 saturated heterocycles. The zero-order valence-electron chi connectivity index (χ0n) is 11.5. The molecule has 0 spiro atoms. The van der Waals surface area contributed by atoms with Crippen LogP contribution in [-0.2, 0) is 0 Å². The van der Waals surface area contributed by atoms with Gasteiger partial charge >= 0.3 is 6.18 Å². The average molecular weight is 295 g/mol. The summed E-state index contributed by atoms with van der Waals surface area (Å²) in [6.07, 6.45) is -4.65. The van der Waals surface area contributed by atoms with Gasteiger partial charge in [-0.3, -0.25) is 0 Å². The van der Waals surface area contributed by atoms with Gasteiger partial charge in [0.05, 0.1) is 34.0 Å². The van der Waals surface area contributed by atoms with E-state index in [9.17, 15) is 13.2 Å². The molecule has 1 atom stereocenters. The lowest BCUT2D eigenvalue weighted by Crippen LogP contribution is -2.29. The van der Waals surface area contributed by atoms with Gasteiger partial charge in [-0.05, 0) is 0 Å². The summed E-state index contributed by atoms with van der Waals surface area (Å²) in [7, 11) is 5.08. The first-order valence-corrected chi connectivity index (χ1v) is 5.50. The maximum atomic E-state index is 12.9. The molecule has 2 N–H and O–H groups in total. The van der Waals surface area contributed by atoms with E-state index in [4.69, 9.17) is 24.7 Å². The number of hydrogen-bond donors (Lipinski definition) is 1. The Bertz CT molecular complexity index is 477. The van der Waals surface area contributed by atoms with Gasteiger partial charge in [-0.25, -0.2) is 0 Å². The molecule has 0 amide bonds. The number of alkyl halides is 3. The Balaban J connectivity index is 3.63. The van der Waals surface area contributed by atoms with Crippen LogP contribution in [-0.4, -0.2) is 34.6 Å². The van der Waals surface area contributed by atoms with Crippen LogP contribution in [0.1, 0.15) is 11.6 Å². The van der Waals surface area contributed by atoms with E-state index in [1.54, 1.807) is 0 Å². The second-order valence-corrected chi connectivity index (χ2v) is 3.78. The summed E-state index contributed by atoms with van der Waals surface area (Å²) in [6.45, 7) is 0. The fourth-order valence-electron chi connectivity index (χ4n) is 1.78. The van der Waals surface area contributed by atoms with Crippen molar-refractivity contribution in [3.8, 4) is 23.0 Å². The highest BCUT2D eigenvalue weighted by atomic mass is 19.4. The van der Waals surface area contributed by atoms with Crippen molar-refractivity contribution in [1.29, 1.82) is 0 Å². The standard InChI is InChI=1S/C12H16F3NO4/c1-17-6-5-7(18-2)9(19-3)10(20-4)8(6)11(16)12(13,14)15/h5,11H,16H2,1-4H3/t11-/m1/s1.